The molecule has 0 heterocycles. The molecule has 0 radical (unpaired) electrons. The molecule has 0 spiro atoms. The van der Waals surface area contributed by atoms with Gasteiger partial charge in [-0.15, -0.1) is 0 Å². The van der Waals surface area contributed by atoms with Gasteiger partial charge in [0.2, 0.25) is 0 Å². The Bertz CT molecular complexity index is 1080. The van der Waals surface area contributed by atoms with Gasteiger partial charge in [-0.25, -0.2) is 4.79 Å². The second-order valence-electron chi connectivity index (χ2n) is 6.94. The van der Waals surface area contributed by atoms with E-state index in [1.165, 1.54) is 13.8 Å². The van der Waals surface area contributed by atoms with Crippen LogP contribution in [0.1, 0.15) is 40.1 Å². The first-order valence-corrected chi connectivity index (χ1v) is 9.82. The standard InChI is InChI=1S/C25H23NO5/c1-17(27)20-11-8-12-21(15-20)26-24(28)18(2)31-25(29)22-13-6-7-14-23(22)30-16-19-9-4-3-5-10-19/h3-15,18H,16H2,1-2H3,(H,26,28)/t18-/m0/s1. The van der Waals surface area contributed by atoms with Crippen LogP contribution in [0, 0.1) is 0 Å². The summed E-state index contributed by atoms with van der Waals surface area (Å²) < 4.78 is 11.1. The molecule has 158 valence electrons. The molecule has 1 atom stereocenters. The summed E-state index contributed by atoms with van der Waals surface area (Å²) in [6, 6.07) is 22.9. The number of ketones is 1. The molecule has 0 fully saturated rings. The smallest absolute Gasteiger partial charge is 0.342 e. The first-order chi connectivity index (χ1) is 14.9. The van der Waals surface area contributed by atoms with Crippen molar-refractivity contribution in [2.45, 2.75) is 26.6 Å². The molecular weight excluding hydrogens is 394 g/mol. The van der Waals surface area contributed by atoms with Crippen molar-refractivity contribution in [2.24, 2.45) is 0 Å². The molecule has 6 heteroatoms. The number of hydrogen-bond acceptors (Lipinski definition) is 5. The highest BCUT2D eigenvalue weighted by molar-refractivity contribution is 6.00. The van der Waals surface area contributed by atoms with Gasteiger partial charge < -0.3 is 14.8 Å². The van der Waals surface area contributed by atoms with E-state index in [1.54, 1.807) is 48.5 Å². The van der Waals surface area contributed by atoms with Crippen molar-refractivity contribution in [3.63, 3.8) is 0 Å². The lowest BCUT2D eigenvalue weighted by Crippen LogP contribution is -2.30. The van der Waals surface area contributed by atoms with Crippen LogP contribution in [-0.2, 0) is 16.1 Å². The van der Waals surface area contributed by atoms with Gasteiger partial charge in [0, 0.05) is 11.3 Å². The number of amides is 1. The van der Waals surface area contributed by atoms with E-state index in [2.05, 4.69) is 5.32 Å². The number of benzene rings is 3. The number of para-hydroxylation sites is 1. The summed E-state index contributed by atoms with van der Waals surface area (Å²) in [5.74, 6) is -0.902. The summed E-state index contributed by atoms with van der Waals surface area (Å²) in [4.78, 5) is 36.6. The normalized spacial score (nSPS) is 11.3. The number of nitrogens with one attached hydrogen (secondary N) is 1. The molecule has 3 rings (SSSR count). The lowest BCUT2D eigenvalue weighted by molar-refractivity contribution is -0.123. The molecule has 0 saturated carbocycles. The number of rotatable bonds is 8. The molecule has 0 aromatic heterocycles. The maximum Gasteiger partial charge on any atom is 0.342 e. The minimum absolute atomic E-state index is 0.109. The van der Waals surface area contributed by atoms with E-state index in [-0.39, 0.29) is 11.3 Å². The van der Waals surface area contributed by atoms with Crippen molar-refractivity contribution in [2.75, 3.05) is 5.32 Å². The van der Waals surface area contributed by atoms with E-state index < -0.39 is 18.0 Å². The minimum Gasteiger partial charge on any atom is -0.488 e. The van der Waals surface area contributed by atoms with Gasteiger partial charge >= 0.3 is 5.97 Å². The summed E-state index contributed by atoms with van der Waals surface area (Å²) in [6.45, 7) is 3.23. The average molecular weight is 417 g/mol. The van der Waals surface area contributed by atoms with Crippen LogP contribution in [0.15, 0.2) is 78.9 Å². The number of ether oxygens (including phenoxy) is 2. The molecule has 1 N–H and O–H groups in total. The molecule has 0 aliphatic rings. The molecule has 3 aromatic rings. The number of carbonyl (C=O) groups excluding carboxylic acids is 3. The Hall–Kier alpha value is -3.93. The molecule has 3 aromatic carbocycles. The van der Waals surface area contributed by atoms with E-state index in [1.807, 2.05) is 30.3 Å². The largest absolute Gasteiger partial charge is 0.488 e. The third-order valence-electron chi connectivity index (χ3n) is 4.53. The molecule has 0 aliphatic heterocycles. The third-order valence-corrected chi connectivity index (χ3v) is 4.53. The first kappa shape index (κ1) is 21.8. The Morgan fingerprint density at radius 3 is 2.35 bits per heavy atom. The van der Waals surface area contributed by atoms with Crippen molar-refractivity contribution in [1.29, 1.82) is 0 Å². The van der Waals surface area contributed by atoms with E-state index in [9.17, 15) is 14.4 Å². The number of esters is 1. The van der Waals surface area contributed by atoms with Crippen LogP contribution >= 0.6 is 0 Å². The quantitative estimate of drug-likeness (QED) is 0.426. The molecule has 0 aliphatic carbocycles. The molecule has 1 amide bonds. The first-order valence-electron chi connectivity index (χ1n) is 9.82. The second-order valence-corrected chi connectivity index (χ2v) is 6.94. The molecule has 0 unspecified atom stereocenters. The summed E-state index contributed by atoms with van der Waals surface area (Å²) in [7, 11) is 0. The highest BCUT2D eigenvalue weighted by Gasteiger charge is 2.21. The number of anilines is 1. The number of carbonyl (C=O) groups is 3. The van der Waals surface area contributed by atoms with Gasteiger partial charge in [0.25, 0.3) is 5.91 Å². The van der Waals surface area contributed by atoms with Crippen molar-refractivity contribution in [1.82, 2.24) is 0 Å². The van der Waals surface area contributed by atoms with Crippen LogP contribution in [0.25, 0.3) is 0 Å². The van der Waals surface area contributed by atoms with E-state index in [0.717, 1.165) is 5.56 Å². The van der Waals surface area contributed by atoms with Gasteiger partial charge in [-0.2, -0.15) is 0 Å². The van der Waals surface area contributed by atoms with Crippen molar-refractivity contribution >= 4 is 23.3 Å². The van der Waals surface area contributed by atoms with E-state index >= 15 is 0 Å². The fourth-order valence-electron chi connectivity index (χ4n) is 2.83. The highest BCUT2D eigenvalue weighted by atomic mass is 16.5. The topological polar surface area (TPSA) is 81.7 Å². The van der Waals surface area contributed by atoms with Crippen molar-refractivity contribution in [3.8, 4) is 5.75 Å². The van der Waals surface area contributed by atoms with Crippen LogP contribution < -0.4 is 10.1 Å². The van der Waals surface area contributed by atoms with Gasteiger partial charge in [-0.05, 0) is 43.7 Å². The predicted octanol–water partition coefficient (Wildman–Crippen LogP) is 4.65. The van der Waals surface area contributed by atoms with Crippen LogP contribution in [0.5, 0.6) is 5.75 Å². The minimum atomic E-state index is -1.05. The monoisotopic (exact) mass is 417 g/mol. The summed E-state index contributed by atoms with van der Waals surface area (Å²) >= 11 is 0. The predicted molar refractivity (Wildman–Crippen MR) is 117 cm³/mol. The zero-order valence-electron chi connectivity index (χ0n) is 17.3. The lowest BCUT2D eigenvalue weighted by Gasteiger charge is -2.15. The third kappa shape index (κ3) is 6.02. The Labute approximate surface area is 180 Å². The Kier molecular flexibility index (Phi) is 7.17. The Morgan fingerprint density at radius 2 is 1.61 bits per heavy atom. The SMILES string of the molecule is CC(=O)c1cccc(NC(=O)[C@H](C)OC(=O)c2ccccc2OCc2ccccc2)c1. The van der Waals surface area contributed by atoms with Gasteiger partial charge in [-0.3, -0.25) is 9.59 Å². The zero-order valence-corrected chi connectivity index (χ0v) is 17.3. The van der Waals surface area contributed by atoms with Gasteiger partial charge in [-0.1, -0.05) is 54.6 Å². The van der Waals surface area contributed by atoms with E-state index in [4.69, 9.17) is 9.47 Å². The highest BCUT2D eigenvalue weighted by Crippen LogP contribution is 2.21. The average Bonchev–Trinajstić information content (AvgIpc) is 2.78. The zero-order chi connectivity index (χ0) is 22.2. The van der Waals surface area contributed by atoms with Gasteiger partial charge in [0.05, 0.1) is 0 Å². The second kappa shape index (κ2) is 10.2. The fourth-order valence-corrected chi connectivity index (χ4v) is 2.83. The summed E-state index contributed by atoms with van der Waals surface area (Å²) in [5.41, 5.74) is 2.13. The molecule has 31 heavy (non-hydrogen) atoms. The Balaban J connectivity index is 1.63. The van der Waals surface area contributed by atoms with Crippen LogP contribution in [-0.4, -0.2) is 23.8 Å². The molecule has 0 bridgehead atoms. The van der Waals surface area contributed by atoms with Crippen molar-refractivity contribution in [3.05, 3.63) is 95.6 Å². The number of hydrogen-bond donors (Lipinski definition) is 1. The van der Waals surface area contributed by atoms with E-state index in [0.29, 0.717) is 23.6 Å². The fraction of sp³-hybridized carbons (Fsp3) is 0.160. The van der Waals surface area contributed by atoms with Gasteiger partial charge in [0.15, 0.2) is 11.9 Å². The summed E-state index contributed by atoms with van der Waals surface area (Å²) in [6.07, 6.45) is -1.05. The summed E-state index contributed by atoms with van der Waals surface area (Å²) in [5, 5.41) is 2.66. The Morgan fingerprint density at radius 1 is 0.903 bits per heavy atom. The van der Waals surface area contributed by atoms with Gasteiger partial charge in [0.1, 0.15) is 17.9 Å². The molecule has 6 nitrogen and oxygen atoms in total. The lowest BCUT2D eigenvalue weighted by atomic mass is 10.1. The van der Waals surface area contributed by atoms with Crippen LogP contribution in [0.2, 0.25) is 0 Å². The maximum atomic E-state index is 12.7. The number of Topliss-reactive ketones (excluding diaryl/α,β-unsaturated/α-hetero) is 1. The van der Waals surface area contributed by atoms with Crippen LogP contribution in [0.4, 0.5) is 5.69 Å². The molecular formula is C25H23NO5. The molecule has 0 saturated heterocycles. The maximum absolute atomic E-state index is 12.7. The van der Waals surface area contributed by atoms with Crippen molar-refractivity contribution < 1.29 is 23.9 Å². The van der Waals surface area contributed by atoms with Crippen LogP contribution in [0.3, 0.4) is 0 Å².